The van der Waals surface area contributed by atoms with E-state index in [0.717, 1.165) is 24.0 Å². The Balaban J connectivity index is 1.76. The first kappa shape index (κ1) is 22.7. The molecule has 0 unspecified atom stereocenters. The summed E-state index contributed by atoms with van der Waals surface area (Å²) in [6.45, 7) is 7.55. The summed E-state index contributed by atoms with van der Waals surface area (Å²) in [5, 5.41) is 0. The van der Waals surface area contributed by atoms with E-state index in [2.05, 4.69) is 43.3 Å². The number of rotatable bonds is 11. The van der Waals surface area contributed by atoms with Crippen molar-refractivity contribution in [2.75, 3.05) is 6.61 Å². The lowest BCUT2D eigenvalue weighted by Gasteiger charge is -2.30. The van der Waals surface area contributed by atoms with Crippen LogP contribution in [-0.2, 0) is 32.2 Å². The molecule has 162 valence electrons. The zero-order chi connectivity index (χ0) is 21.2. The quantitative estimate of drug-likeness (QED) is 0.448. The molecular weight excluding hydrogens is 376 g/mol. The SMILES string of the molecule is CCC/C=C/[C@@H](OCc1ccccc1)[C@H](OCc1ccccc1)[C@H]1COC(C)(C)O1. The number of benzene rings is 2. The van der Waals surface area contributed by atoms with Crippen LogP contribution in [0.2, 0.25) is 0 Å². The average molecular weight is 411 g/mol. The normalized spacial score (nSPS) is 20.4. The molecule has 0 N–H and O–H groups in total. The molecule has 3 rings (SSSR count). The first-order chi connectivity index (χ1) is 14.6. The van der Waals surface area contributed by atoms with Crippen molar-refractivity contribution in [2.24, 2.45) is 0 Å². The van der Waals surface area contributed by atoms with E-state index in [1.54, 1.807) is 0 Å². The first-order valence-electron chi connectivity index (χ1n) is 10.9. The highest BCUT2D eigenvalue weighted by atomic mass is 16.8. The third kappa shape index (κ3) is 7.06. The van der Waals surface area contributed by atoms with E-state index >= 15 is 0 Å². The molecule has 1 fully saturated rings. The van der Waals surface area contributed by atoms with Crippen molar-refractivity contribution in [3.63, 3.8) is 0 Å². The summed E-state index contributed by atoms with van der Waals surface area (Å²) in [5.41, 5.74) is 2.26. The van der Waals surface area contributed by atoms with Crippen molar-refractivity contribution >= 4 is 0 Å². The minimum atomic E-state index is -0.615. The van der Waals surface area contributed by atoms with Crippen molar-refractivity contribution in [1.82, 2.24) is 0 Å². The molecule has 0 spiro atoms. The van der Waals surface area contributed by atoms with E-state index in [4.69, 9.17) is 18.9 Å². The first-order valence-corrected chi connectivity index (χ1v) is 10.9. The lowest BCUT2D eigenvalue weighted by atomic mass is 10.1. The molecule has 0 aliphatic carbocycles. The number of allylic oxidation sites excluding steroid dienone is 1. The van der Waals surface area contributed by atoms with E-state index in [9.17, 15) is 0 Å². The number of hydrogen-bond acceptors (Lipinski definition) is 4. The maximum atomic E-state index is 6.41. The van der Waals surface area contributed by atoms with Crippen LogP contribution >= 0.6 is 0 Å². The Morgan fingerprint density at radius 3 is 2.10 bits per heavy atom. The topological polar surface area (TPSA) is 36.9 Å². The van der Waals surface area contributed by atoms with Gasteiger partial charge in [0.1, 0.15) is 18.3 Å². The molecule has 2 aromatic carbocycles. The fourth-order valence-electron chi connectivity index (χ4n) is 3.48. The molecule has 1 aliphatic rings. The predicted octanol–water partition coefficient (Wildman–Crippen LogP) is 5.67. The highest BCUT2D eigenvalue weighted by molar-refractivity contribution is 5.15. The molecule has 0 radical (unpaired) electrons. The number of hydrogen-bond donors (Lipinski definition) is 0. The van der Waals surface area contributed by atoms with Crippen molar-refractivity contribution in [2.45, 2.75) is 70.9 Å². The summed E-state index contributed by atoms with van der Waals surface area (Å²) < 4.78 is 24.8. The van der Waals surface area contributed by atoms with Crippen LogP contribution < -0.4 is 0 Å². The minimum Gasteiger partial charge on any atom is -0.368 e. The molecular formula is C26H34O4. The second-order valence-electron chi connectivity index (χ2n) is 8.11. The van der Waals surface area contributed by atoms with Gasteiger partial charge in [-0.25, -0.2) is 0 Å². The molecule has 1 heterocycles. The van der Waals surface area contributed by atoms with Crippen LogP contribution in [-0.4, -0.2) is 30.7 Å². The van der Waals surface area contributed by atoms with Crippen molar-refractivity contribution in [3.05, 3.63) is 83.9 Å². The Kier molecular flexibility index (Phi) is 8.64. The standard InChI is InChI=1S/C26H34O4/c1-4-5-8-17-23(27-18-21-13-9-6-10-14-21)25(24-20-29-26(2,3)30-24)28-19-22-15-11-7-12-16-22/h6-17,23-25H,4-5,18-20H2,1-3H3/b17-8+/t23-,24-,25+/m1/s1. The maximum Gasteiger partial charge on any atom is 0.163 e. The van der Waals surface area contributed by atoms with Crippen LogP contribution in [0.3, 0.4) is 0 Å². The van der Waals surface area contributed by atoms with Gasteiger partial charge >= 0.3 is 0 Å². The Hall–Kier alpha value is -1.98. The van der Waals surface area contributed by atoms with Gasteiger partial charge < -0.3 is 18.9 Å². The molecule has 0 amide bonds. The summed E-state index contributed by atoms with van der Waals surface area (Å²) in [5.74, 6) is -0.615. The molecule has 4 heteroatoms. The third-order valence-corrected chi connectivity index (χ3v) is 5.07. The van der Waals surface area contributed by atoms with Gasteiger partial charge in [-0.2, -0.15) is 0 Å². The Morgan fingerprint density at radius 1 is 0.967 bits per heavy atom. The average Bonchev–Trinajstić information content (AvgIpc) is 3.12. The summed E-state index contributed by atoms with van der Waals surface area (Å²) >= 11 is 0. The van der Waals surface area contributed by atoms with Crippen LogP contribution in [0.15, 0.2) is 72.8 Å². The molecule has 1 aliphatic heterocycles. The second-order valence-corrected chi connectivity index (χ2v) is 8.11. The van der Waals surface area contributed by atoms with Crippen molar-refractivity contribution in [1.29, 1.82) is 0 Å². The fraction of sp³-hybridized carbons (Fsp3) is 0.462. The maximum absolute atomic E-state index is 6.41. The fourth-order valence-corrected chi connectivity index (χ4v) is 3.48. The van der Waals surface area contributed by atoms with Gasteiger partial charge in [-0.1, -0.05) is 86.2 Å². The molecule has 0 saturated carbocycles. The summed E-state index contributed by atoms with van der Waals surface area (Å²) in [4.78, 5) is 0. The Labute approximate surface area is 180 Å². The van der Waals surface area contributed by atoms with Crippen LogP contribution in [0, 0.1) is 0 Å². The summed E-state index contributed by atoms with van der Waals surface area (Å²) in [6.07, 6.45) is 5.69. The van der Waals surface area contributed by atoms with E-state index in [1.165, 1.54) is 0 Å². The van der Waals surface area contributed by atoms with Crippen LogP contribution in [0.4, 0.5) is 0 Å². The lowest BCUT2D eigenvalue weighted by molar-refractivity contribution is -0.173. The molecule has 1 saturated heterocycles. The van der Waals surface area contributed by atoms with Gasteiger partial charge in [-0.15, -0.1) is 0 Å². The van der Waals surface area contributed by atoms with E-state index in [0.29, 0.717) is 19.8 Å². The number of unbranched alkanes of at least 4 members (excludes halogenated alkanes) is 1. The highest BCUT2D eigenvalue weighted by Crippen LogP contribution is 2.29. The molecule has 4 nitrogen and oxygen atoms in total. The van der Waals surface area contributed by atoms with E-state index in [1.807, 2.05) is 50.2 Å². The predicted molar refractivity (Wildman–Crippen MR) is 119 cm³/mol. The third-order valence-electron chi connectivity index (χ3n) is 5.07. The van der Waals surface area contributed by atoms with Gasteiger partial charge in [0.25, 0.3) is 0 Å². The van der Waals surface area contributed by atoms with Gasteiger partial charge in [0.05, 0.1) is 19.8 Å². The van der Waals surface area contributed by atoms with Gasteiger partial charge in [-0.3, -0.25) is 0 Å². The summed E-state index contributed by atoms with van der Waals surface area (Å²) in [6, 6.07) is 20.4. The Bertz CT molecular complexity index is 757. The van der Waals surface area contributed by atoms with Gasteiger partial charge in [0, 0.05) is 0 Å². The highest BCUT2D eigenvalue weighted by Gasteiger charge is 2.41. The summed E-state index contributed by atoms with van der Waals surface area (Å²) in [7, 11) is 0. The number of ether oxygens (including phenoxy) is 4. The zero-order valence-electron chi connectivity index (χ0n) is 18.3. The van der Waals surface area contributed by atoms with Gasteiger partial charge in [0.15, 0.2) is 5.79 Å². The van der Waals surface area contributed by atoms with Crippen LogP contribution in [0.25, 0.3) is 0 Å². The van der Waals surface area contributed by atoms with Crippen LogP contribution in [0.1, 0.15) is 44.7 Å². The van der Waals surface area contributed by atoms with Gasteiger partial charge in [-0.05, 0) is 31.4 Å². The van der Waals surface area contributed by atoms with Gasteiger partial charge in [0.2, 0.25) is 0 Å². The minimum absolute atomic E-state index is 0.198. The van der Waals surface area contributed by atoms with E-state index in [-0.39, 0.29) is 18.3 Å². The molecule has 0 aromatic heterocycles. The smallest absolute Gasteiger partial charge is 0.163 e. The van der Waals surface area contributed by atoms with Crippen molar-refractivity contribution < 1.29 is 18.9 Å². The molecule has 30 heavy (non-hydrogen) atoms. The van der Waals surface area contributed by atoms with Crippen LogP contribution in [0.5, 0.6) is 0 Å². The molecule has 0 bridgehead atoms. The zero-order valence-corrected chi connectivity index (χ0v) is 18.3. The van der Waals surface area contributed by atoms with Crippen molar-refractivity contribution in [3.8, 4) is 0 Å². The molecule has 2 aromatic rings. The Morgan fingerprint density at radius 2 is 1.57 bits per heavy atom. The monoisotopic (exact) mass is 410 g/mol. The largest absolute Gasteiger partial charge is 0.368 e. The second kappa shape index (κ2) is 11.4. The lowest BCUT2D eigenvalue weighted by Crippen LogP contribution is -2.42. The van der Waals surface area contributed by atoms with E-state index < -0.39 is 5.79 Å². The molecule has 3 atom stereocenters.